The summed E-state index contributed by atoms with van der Waals surface area (Å²) in [6, 6.07) is 5.56. The number of esters is 1. The average Bonchev–Trinajstić information content (AvgIpc) is 2.79. The van der Waals surface area contributed by atoms with Crippen molar-refractivity contribution in [3.05, 3.63) is 29.5 Å². The summed E-state index contributed by atoms with van der Waals surface area (Å²) in [7, 11) is 1.55. The van der Waals surface area contributed by atoms with E-state index in [-0.39, 0.29) is 17.6 Å². The van der Waals surface area contributed by atoms with Crippen molar-refractivity contribution in [2.45, 2.75) is 26.9 Å². The third kappa shape index (κ3) is 2.96. The van der Waals surface area contributed by atoms with Gasteiger partial charge in [0.2, 0.25) is 5.69 Å². The number of carbonyl (C=O) groups is 1. The lowest BCUT2D eigenvalue weighted by Gasteiger charge is -2.10. The Balaban J connectivity index is 2.45. The topological polar surface area (TPSA) is 92.3 Å². The number of nitrogens with two attached hydrogens (primary N) is 1. The Morgan fingerprint density at radius 3 is 2.71 bits per heavy atom. The third-order valence-electron chi connectivity index (χ3n) is 2.80. The van der Waals surface area contributed by atoms with E-state index in [1.54, 1.807) is 27.0 Å². The number of methoxy groups -OCH3 is 1. The third-order valence-corrected chi connectivity index (χ3v) is 2.80. The fourth-order valence-electron chi connectivity index (χ4n) is 1.85. The molecular weight excluding hydrogens is 272 g/mol. The number of anilines is 1. The van der Waals surface area contributed by atoms with Gasteiger partial charge in [0.25, 0.3) is 0 Å². The number of nitrogen functional groups attached to an aromatic ring is 1. The van der Waals surface area contributed by atoms with Gasteiger partial charge in [-0.15, -0.1) is 5.10 Å². The number of rotatable bonds is 4. The minimum atomic E-state index is -0.597. The highest BCUT2D eigenvalue weighted by atomic mass is 16.5. The zero-order valence-electron chi connectivity index (χ0n) is 12.5. The van der Waals surface area contributed by atoms with Crippen molar-refractivity contribution in [1.29, 1.82) is 0 Å². The van der Waals surface area contributed by atoms with E-state index in [1.165, 1.54) is 4.68 Å². The van der Waals surface area contributed by atoms with E-state index in [0.29, 0.717) is 11.4 Å². The van der Waals surface area contributed by atoms with E-state index in [1.807, 2.05) is 19.1 Å². The fourth-order valence-corrected chi connectivity index (χ4v) is 1.85. The van der Waals surface area contributed by atoms with Crippen molar-refractivity contribution in [2.75, 3.05) is 12.8 Å². The van der Waals surface area contributed by atoms with Crippen molar-refractivity contribution in [2.24, 2.45) is 0 Å². The van der Waals surface area contributed by atoms with Crippen LogP contribution in [0.2, 0.25) is 0 Å². The van der Waals surface area contributed by atoms with Crippen LogP contribution in [0.3, 0.4) is 0 Å². The summed E-state index contributed by atoms with van der Waals surface area (Å²) in [6.45, 7) is 5.44. The van der Waals surface area contributed by atoms with Gasteiger partial charge in [0, 0.05) is 0 Å². The Morgan fingerprint density at radius 2 is 2.10 bits per heavy atom. The molecule has 0 aliphatic heterocycles. The number of ether oxygens (including phenoxy) is 2. The van der Waals surface area contributed by atoms with E-state index in [0.717, 1.165) is 5.56 Å². The number of aryl methyl sites for hydroxylation is 1. The smallest absolute Gasteiger partial charge is 0.363 e. The Morgan fingerprint density at radius 1 is 1.38 bits per heavy atom. The second-order valence-electron chi connectivity index (χ2n) is 4.86. The molecule has 1 aromatic heterocycles. The van der Waals surface area contributed by atoms with Gasteiger partial charge in [-0.1, -0.05) is 11.3 Å². The van der Waals surface area contributed by atoms with Crippen LogP contribution in [0.25, 0.3) is 5.69 Å². The monoisotopic (exact) mass is 290 g/mol. The summed E-state index contributed by atoms with van der Waals surface area (Å²) in [5, 5.41) is 7.73. The highest BCUT2D eigenvalue weighted by Gasteiger charge is 2.22. The van der Waals surface area contributed by atoms with E-state index in [4.69, 9.17) is 15.2 Å². The number of nitrogens with zero attached hydrogens (tertiary/aromatic N) is 3. The van der Waals surface area contributed by atoms with Gasteiger partial charge in [0.05, 0.1) is 13.2 Å². The summed E-state index contributed by atoms with van der Waals surface area (Å²) < 4.78 is 11.7. The average molecular weight is 290 g/mol. The molecular formula is C14H18N4O3. The molecule has 0 bridgehead atoms. The van der Waals surface area contributed by atoms with Crippen LogP contribution in [0.1, 0.15) is 29.9 Å². The quantitative estimate of drug-likeness (QED) is 0.862. The lowest BCUT2D eigenvalue weighted by molar-refractivity contribution is 0.0372. The molecule has 0 fully saturated rings. The summed E-state index contributed by atoms with van der Waals surface area (Å²) in [6.07, 6.45) is -0.254. The standard InChI is InChI=1S/C14H18N4O3/c1-8(2)21-14(19)12-13(15)18(17-16-12)10-7-9(3)5-6-11(10)20-4/h5-8H,15H2,1-4H3. The van der Waals surface area contributed by atoms with Crippen LogP contribution in [0, 0.1) is 6.92 Å². The first-order valence-electron chi connectivity index (χ1n) is 6.51. The van der Waals surface area contributed by atoms with Gasteiger partial charge in [0.1, 0.15) is 11.4 Å². The molecule has 1 heterocycles. The molecule has 2 rings (SSSR count). The van der Waals surface area contributed by atoms with Gasteiger partial charge in [-0.05, 0) is 38.5 Å². The molecule has 0 amide bonds. The first-order valence-corrected chi connectivity index (χ1v) is 6.51. The number of aromatic nitrogens is 3. The predicted octanol–water partition coefficient (Wildman–Crippen LogP) is 1.73. The zero-order chi connectivity index (χ0) is 15.6. The molecule has 2 N–H and O–H groups in total. The van der Waals surface area contributed by atoms with Crippen LogP contribution in [-0.4, -0.2) is 34.2 Å². The maximum absolute atomic E-state index is 11.9. The zero-order valence-corrected chi connectivity index (χ0v) is 12.5. The van der Waals surface area contributed by atoms with Crippen molar-refractivity contribution in [3.8, 4) is 11.4 Å². The van der Waals surface area contributed by atoms with Crippen molar-refractivity contribution < 1.29 is 14.3 Å². The maximum Gasteiger partial charge on any atom is 0.363 e. The van der Waals surface area contributed by atoms with Crippen LogP contribution in [0.4, 0.5) is 5.82 Å². The molecule has 0 aliphatic carbocycles. The van der Waals surface area contributed by atoms with Crippen LogP contribution in [0.15, 0.2) is 18.2 Å². The number of hydrogen-bond donors (Lipinski definition) is 1. The van der Waals surface area contributed by atoms with Crippen molar-refractivity contribution in [1.82, 2.24) is 15.0 Å². The SMILES string of the molecule is COc1ccc(C)cc1-n1nnc(C(=O)OC(C)C)c1N. The van der Waals surface area contributed by atoms with Gasteiger partial charge < -0.3 is 15.2 Å². The summed E-state index contributed by atoms with van der Waals surface area (Å²) in [5.41, 5.74) is 7.58. The minimum Gasteiger partial charge on any atom is -0.494 e. The van der Waals surface area contributed by atoms with Crippen LogP contribution in [0.5, 0.6) is 5.75 Å². The minimum absolute atomic E-state index is 0.00717. The lowest BCUT2D eigenvalue weighted by atomic mass is 10.2. The lowest BCUT2D eigenvalue weighted by Crippen LogP contribution is -2.14. The van der Waals surface area contributed by atoms with E-state index >= 15 is 0 Å². The fraction of sp³-hybridized carbons (Fsp3) is 0.357. The van der Waals surface area contributed by atoms with Gasteiger partial charge >= 0.3 is 5.97 Å². The normalized spacial score (nSPS) is 10.7. The molecule has 0 unspecified atom stereocenters. The largest absolute Gasteiger partial charge is 0.494 e. The molecule has 0 radical (unpaired) electrons. The Labute approximate surface area is 122 Å². The second-order valence-corrected chi connectivity index (χ2v) is 4.86. The predicted molar refractivity (Wildman–Crippen MR) is 77.6 cm³/mol. The second kappa shape index (κ2) is 5.82. The maximum atomic E-state index is 11.9. The van der Waals surface area contributed by atoms with Crippen LogP contribution in [-0.2, 0) is 4.74 Å². The molecule has 2 aromatic rings. The van der Waals surface area contributed by atoms with Crippen molar-refractivity contribution in [3.63, 3.8) is 0 Å². The molecule has 112 valence electrons. The van der Waals surface area contributed by atoms with Crippen LogP contribution < -0.4 is 10.5 Å². The Hall–Kier alpha value is -2.57. The first-order chi connectivity index (χ1) is 9.93. The van der Waals surface area contributed by atoms with E-state index in [9.17, 15) is 4.79 Å². The highest BCUT2D eigenvalue weighted by Crippen LogP contribution is 2.26. The first kappa shape index (κ1) is 14.8. The van der Waals surface area contributed by atoms with Gasteiger partial charge in [-0.25, -0.2) is 4.79 Å². The number of hydrogen-bond acceptors (Lipinski definition) is 6. The Kier molecular flexibility index (Phi) is 4.11. The molecule has 21 heavy (non-hydrogen) atoms. The number of carbonyl (C=O) groups excluding carboxylic acids is 1. The van der Waals surface area contributed by atoms with Gasteiger partial charge in [0.15, 0.2) is 5.82 Å². The molecule has 1 aromatic carbocycles. The molecule has 7 nitrogen and oxygen atoms in total. The highest BCUT2D eigenvalue weighted by molar-refractivity contribution is 5.92. The van der Waals surface area contributed by atoms with E-state index < -0.39 is 5.97 Å². The summed E-state index contributed by atoms with van der Waals surface area (Å²) >= 11 is 0. The summed E-state index contributed by atoms with van der Waals surface area (Å²) in [5.74, 6) is 0.103. The molecule has 0 atom stereocenters. The molecule has 0 saturated carbocycles. The molecule has 7 heteroatoms. The Bertz CT molecular complexity index is 664. The van der Waals surface area contributed by atoms with Crippen LogP contribution >= 0.6 is 0 Å². The molecule has 0 aliphatic rings. The molecule has 0 saturated heterocycles. The number of benzene rings is 1. The van der Waals surface area contributed by atoms with E-state index in [2.05, 4.69) is 10.3 Å². The van der Waals surface area contributed by atoms with Gasteiger partial charge in [-0.3, -0.25) is 0 Å². The van der Waals surface area contributed by atoms with Gasteiger partial charge in [-0.2, -0.15) is 4.68 Å². The van der Waals surface area contributed by atoms with Crippen molar-refractivity contribution >= 4 is 11.8 Å². The summed E-state index contributed by atoms with van der Waals surface area (Å²) in [4.78, 5) is 11.9. The molecule has 0 spiro atoms.